The summed E-state index contributed by atoms with van der Waals surface area (Å²) < 4.78 is 18.4. The Balaban J connectivity index is 1.48. The molecule has 7 nitrogen and oxygen atoms in total. The molecule has 0 spiro atoms. The first-order valence-electron chi connectivity index (χ1n) is 9.66. The van der Waals surface area contributed by atoms with Crippen molar-refractivity contribution in [2.45, 2.75) is 25.6 Å². The SMILES string of the molecule is CC1(c2ccc(F)cc2)NC(=O)N(Cc2cccc(C(=O)NCc3ccco3)c2)C1=O. The van der Waals surface area contributed by atoms with Crippen LogP contribution in [-0.2, 0) is 23.4 Å². The van der Waals surface area contributed by atoms with Gasteiger partial charge >= 0.3 is 6.03 Å². The molecular formula is C23H20FN3O4. The van der Waals surface area contributed by atoms with Gasteiger partial charge in [-0.1, -0.05) is 24.3 Å². The standard InChI is InChI=1S/C23H20FN3O4/c1-23(17-7-9-18(24)10-8-17)21(29)27(22(30)26-23)14-15-4-2-5-16(12-15)20(28)25-13-19-6-3-11-31-19/h2-12H,13-14H2,1H3,(H,25,28)(H,26,30). The zero-order valence-electron chi connectivity index (χ0n) is 16.7. The molecular weight excluding hydrogens is 401 g/mol. The van der Waals surface area contributed by atoms with Crippen LogP contribution in [0.15, 0.2) is 71.3 Å². The van der Waals surface area contributed by atoms with E-state index in [0.29, 0.717) is 22.5 Å². The predicted molar refractivity (Wildman–Crippen MR) is 109 cm³/mol. The molecule has 1 aliphatic rings. The smallest absolute Gasteiger partial charge is 0.325 e. The van der Waals surface area contributed by atoms with E-state index in [9.17, 15) is 18.8 Å². The van der Waals surface area contributed by atoms with Crippen LogP contribution in [-0.4, -0.2) is 22.7 Å². The van der Waals surface area contributed by atoms with Crippen molar-refractivity contribution in [1.29, 1.82) is 0 Å². The van der Waals surface area contributed by atoms with Gasteiger partial charge < -0.3 is 15.1 Å². The van der Waals surface area contributed by atoms with Crippen molar-refractivity contribution in [2.24, 2.45) is 0 Å². The highest BCUT2D eigenvalue weighted by Crippen LogP contribution is 2.30. The Morgan fingerprint density at radius 2 is 1.90 bits per heavy atom. The number of nitrogens with zero attached hydrogens (tertiary/aromatic N) is 1. The van der Waals surface area contributed by atoms with Crippen LogP contribution in [0.4, 0.5) is 9.18 Å². The molecule has 1 saturated heterocycles. The summed E-state index contributed by atoms with van der Waals surface area (Å²) in [5, 5.41) is 5.44. The number of carbonyl (C=O) groups excluding carboxylic acids is 3. The van der Waals surface area contributed by atoms with Crippen LogP contribution in [0, 0.1) is 5.82 Å². The topological polar surface area (TPSA) is 91.7 Å². The largest absolute Gasteiger partial charge is 0.467 e. The van der Waals surface area contributed by atoms with Crippen molar-refractivity contribution in [3.63, 3.8) is 0 Å². The van der Waals surface area contributed by atoms with Crippen LogP contribution in [0.2, 0.25) is 0 Å². The fourth-order valence-corrected chi connectivity index (χ4v) is 3.50. The zero-order valence-corrected chi connectivity index (χ0v) is 16.7. The lowest BCUT2D eigenvalue weighted by molar-refractivity contribution is -0.131. The van der Waals surface area contributed by atoms with Crippen molar-refractivity contribution in [3.8, 4) is 0 Å². The Hall–Kier alpha value is -3.94. The number of rotatable bonds is 6. The molecule has 0 radical (unpaired) electrons. The number of halogens is 1. The summed E-state index contributed by atoms with van der Waals surface area (Å²) in [6.45, 7) is 1.83. The van der Waals surface area contributed by atoms with E-state index in [2.05, 4.69) is 10.6 Å². The monoisotopic (exact) mass is 421 g/mol. The van der Waals surface area contributed by atoms with Crippen LogP contribution in [0.25, 0.3) is 0 Å². The van der Waals surface area contributed by atoms with Crippen LogP contribution in [0.3, 0.4) is 0 Å². The molecule has 31 heavy (non-hydrogen) atoms. The number of benzene rings is 2. The predicted octanol–water partition coefficient (Wildman–Crippen LogP) is 3.32. The van der Waals surface area contributed by atoms with Crippen molar-refractivity contribution >= 4 is 17.8 Å². The molecule has 3 aromatic rings. The molecule has 158 valence electrons. The summed E-state index contributed by atoms with van der Waals surface area (Å²) >= 11 is 0. The van der Waals surface area contributed by atoms with E-state index in [-0.39, 0.29) is 19.0 Å². The molecule has 2 N–H and O–H groups in total. The van der Waals surface area contributed by atoms with Crippen molar-refractivity contribution < 1.29 is 23.2 Å². The Kier molecular flexibility index (Phi) is 5.29. The maximum atomic E-state index is 13.3. The highest BCUT2D eigenvalue weighted by Gasteiger charge is 2.48. The second-order valence-corrected chi connectivity index (χ2v) is 7.42. The van der Waals surface area contributed by atoms with Crippen molar-refractivity contribution in [1.82, 2.24) is 15.5 Å². The molecule has 4 amide bonds. The van der Waals surface area contributed by atoms with Crippen LogP contribution in [0.5, 0.6) is 0 Å². The molecule has 1 unspecified atom stereocenters. The first kappa shape index (κ1) is 20.3. The molecule has 1 fully saturated rings. The van der Waals surface area contributed by atoms with Gasteiger partial charge in [-0.05, 0) is 54.4 Å². The zero-order chi connectivity index (χ0) is 22.0. The van der Waals surface area contributed by atoms with E-state index < -0.39 is 23.3 Å². The van der Waals surface area contributed by atoms with E-state index in [1.54, 1.807) is 43.3 Å². The lowest BCUT2D eigenvalue weighted by atomic mass is 9.92. The van der Waals surface area contributed by atoms with E-state index in [1.165, 1.54) is 30.5 Å². The van der Waals surface area contributed by atoms with Gasteiger partial charge in [0, 0.05) is 5.56 Å². The summed E-state index contributed by atoms with van der Waals surface area (Å²) in [7, 11) is 0. The lowest BCUT2D eigenvalue weighted by Crippen LogP contribution is -2.40. The maximum Gasteiger partial charge on any atom is 0.325 e. The Morgan fingerprint density at radius 3 is 2.61 bits per heavy atom. The third-order valence-corrected chi connectivity index (χ3v) is 5.23. The van der Waals surface area contributed by atoms with Crippen LogP contribution < -0.4 is 10.6 Å². The third kappa shape index (κ3) is 4.05. The first-order valence-corrected chi connectivity index (χ1v) is 9.66. The number of carbonyl (C=O) groups is 3. The molecule has 0 bridgehead atoms. The van der Waals surface area contributed by atoms with Gasteiger partial charge in [-0.15, -0.1) is 0 Å². The minimum Gasteiger partial charge on any atom is -0.467 e. The van der Waals surface area contributed by atoms with Crippen LogP contribution >= 0.6 is 0 Å². The van der Waals surface area contributed by atoms with Crippen molar-refractivity contribution in [3.05, 3.63) is 95.2 Å². The quantitative estimate of drug-likeness (QED) is 0.598. The second-order valence-electron chi connectivity index (χ2n) is 7.42. The average Bonchev–Trinajstić information content (AvgIpc) is 3.36. The Labute approximate surface area is 177 Å². The summed E-state index contributed by atoms with van der Waals surface area (Å²) in [5.74, 6) is -0.546. The van der Waals surface area contributed by atoms with Gasteiger partial charge in [-0.2, -0.15) is 0 Å². The number of nitrogens with one attached hydrogen (secondary N) is 2. The second kappa shape index (κ2) is 8.06. The number of hydrogen-bond acceptors (Lipinski definition) is 4. The van der Waals surface area contributed by atoms with E-state index in [4.69, 9.17) is 4.42 Å². The van der Waals surface area contributed by atoms with Crippen LogP contribution in [0.1, 0.15) is 34.2 Å². The van der Waals surface area contributed by atoms with E-state index in [1.807, 2.05) is 0 Å². The fourth-order valence-electron chi connectivity index (χ4n) is 3.50. The lowest BCUT2D eigenvalue weighted by Gasteiger charge is -2.22. The number of hydrogen-bond donors (Lipinski definition) is 2. The van der Waals surface area contributed by atoms with Gasteiger partial charge in [0.2, 0.25) is 0 Å². The van der Waals surface area contributed by atoms with E-state index in [0.717, 1.165) is 4.90 Å². The van der Waals surface area contributed by atoms with Gasteiger partial charge in [0.15, 0.2) is 0 Å². The molecule has 0 aliphatic carbocycles. The minimum atomic E-state index is -1.29. The van der Waals surface area contributed by atoms with Gasteiger partial charge in [0.1, 0.15) is 17.1 Å². The molecule has 1 aromatic heterocycles. The highest BCUT2D eigenvalue weighted by atomic mass is 19.1. The number of urea groups is 1. The summed E-state index contributed by atoms with van der Waals surface area (Å²) in [6, 6.07) is 15.1. The number of furan rings is 1. The van der Waals surface area contributed by atoms with Crippen molar-refractivity contribution in [2.75, 3.05) is 0 Å². The summed E-state index contributed by atoms with van der Waals surface area (Å²) in [6.07, 6.45) is 1.53. The van der Waals surface area contributed by atoms with Gasteiger partial charge in [0.25, 0.3) is 11.8 Å². The molecule has 1 aliphatic heterocycles. The normalized spacial score (nSPS) is 18.2. The molecule has 8 heteroatoms. The Morgan fingerprint density at radius 1 is 1.13 bits per heavy atom. The average molecular weight is 421 g/mol. The molecule has 2 heterocycles. The van der Waals surface area contributed by atoms with Gasteiger partial charge in [-0.3, -0.25) is 14.5 Å². The molecule has 1 atom stereocenters. The summed E-state index contributed by atoms with van der Waals surface area (Å²) in [5.41, 5.74) is 0.221. The Bertz CT molecular complexity index is 1130. The van der Waals surface area contributed by atoms with Gasteiger partial charge in [0.05, 0.1) is 19.4 Å². The third-order valence-electron chi connectivity index (χ3n) is 5.23. The summed E-state index contributed by atoms with van der Waals surface area (Å²) in [4.78, 5) is 39.1. The highest BCUT2D eigenvalue weighted by molar-refractivity contribution is 6.07. The fraction of sp³-hybridized carbons (Fsp3) is 0.174. The first-order chi connectivity index (χ1) is 14.9. The number of imide groups is 1. The molecule has 2 aromatic carbocycles. The molecule has 4 rings (SSSR count). The van der Waals surface area contributed by atoms with Gasteiger partial charge in [-0.25, -0.2) is 9.18 Å². The minimum absolute atomic E-state index is 0.000749. The maximum absolute atomic E-state index is 13.3. The van der Waals surface area contributed by atoms with E-state index >= 15 is 0 Å². The number of amides is 4. The molecule has 0 saturated carbocycles.